The topological polar surface area (TPSA) is 50.4 Å². The number of anilines is 1. The van der Waals surface area contributed by atoms with E-state index in [1.54, 1.807) is 0 Å². The second-order valence-electron chi connectivity index (χ2n) is 4.94. The average molecular weight is 380 g/mol. The van der Waals surface area contributed by atoms with Crippen LogP contribution >= 0.6 is 27.5 Å². The molecule has 1 aromatic carbocycles. The number of rotatable bonds is 5. The molecular formula is C14H17BrClFN2O2. The molecule has 1 amide bonds. The van der Waals surface area contributed by atoms with Crippen molar-refractivity contribution in [3.05, 3.63) is 27.4 Å². The predicted octanol–water partition coefficient (Wildman–Crippen LogP) is 3.19. The summed E-state index contributed by atoms with van der Waals surface area (Å²) in [4.78, 5) is 12.4. The summed E-state index contributed by atoms with van der Waals surface area (Å²) in [5.41, 5.74) is 0.379. The van der Waals surface area contributed by atoms with Gasteiger partial charge in [-0.15, -0.1) is 0 Å². The van der Waals surface area contributed by atoms with Crippen LogP contribution in [-0.4, -0.2) is 31.7 Å². The molecule has 1 saturated heterocycles. The summed E-state index contributed by atoms with van der Waals surface area (Å²) in [6, 6.07) is 2.42. The quantitative estimate of drug-likeness (QED) is 0.826. The summed E-state index contributed by atoms with van der Waals surface area (Å²) in [7, 11) is 0. The first-order valence-corrected chi connectivity index (χ1v) is 7.96. The maximum absolute atomic E-state index is 13.2. The van der Waals surface area contributed by atoms with Crippen LogP contribution in [0.2, 0.25) is 5.02 Å². The van der Waals surface area contributed by atoms with Gasteiger partial charge in [-0.25, -0.2) is 4.39 Å². The number of halogens is 3. The molecule has 0 aliphatic carbocycles. The molecule has 0 saturated carbocycles. The molecule has 2 unspecified atom stereocenters. The Hall–Kier alpha value is -0.690. The van der Waals surface area contributed by atoms with Gasteiger partial charge in [0.2, 0.25) is 5.91 Å². The molecule has 0 spiro atoms. The van der Waals surface area contributed by atoms with Gasteiger partial charge in [0.15, 0.2) is 0 Å². The van der Waals surface area contributed by atoms with Crippen LogP contribution in [0, 0.1) is 11.7 Å². The fourth-order valence-electron chi connectivity index (χ4n) is 2.22. The lowest BCUT2D eigenvalue weighted by molar-refractivity contribution is -0.120. The Morgan fingerprint density at radius 1 is 1.52 bits per heavy atom. The van der Waals surface area contributed by atoms with Crippen LogP contribution in [0.1, 0.15) is 13.3 Å². The lowest BCUT2D eigenvalue weighted by Gasteiger charge is -2.19. The number of amides is 1. The highest BCUT2D eigenvalue weighted by Gasteiger charge is 2.34. The Morgan fingerprint density at radius 3 is 2.95 bits per heavy atom. The zero-order valence-electron chi connectivity index (χ0n) is 11.6. The fourth-order valence-corrected chi connectivity index (χ4v) is 3.12. The third-order valence-corrected chi connectivity index (χ3v) is 4.25. The molecule has 0 aromatic heterocycles. The van der Waals surface area contributed by atoms with Crippen LogP contribution < -0.4 is 10.6 Å². The van der Waals surface area contributed by atoms with Gasteiger partial charge in [0, 0.05) is 10.5 Å². The molecule has 21 heavy (non-hydrogen) atoms. The summed E-state index contributed by atoms with van der Waals surface area (Å²) in [5.74, 6) is -0.934. The van der Waals surface area contributed by atoms with Gasteiger partial charge in [0.1, 0.15) is 5.82 Å². The van der Waals surface area contributed by atoms with Crippen molar-refractivity contribution < 1.29 is 13.9 Å². The van der Waals surface area contributed by atoms with Gasteiger partial charge in [-0.2, -0.15) is 0 Å². The van der Waals surface area contributed by atoms with Crippen molar-refractivity contribution in [3.8, 4) is 0 Å². The SMILES string of the molecule is CCCNC1COCC1C(=O)Nc1c(Cl)cc(F)cc1Br. The van der Waals surface area contributed by atoms with Gasteiger partial charge in [-0.1, -0.05) is 18.5 Å². The summed E-state index contributed by atoms with van der Waals surface area (Å²) in [5, 5.41) is 6.20. The molecule has 0 radical (unpaired) electrons. The van der Waals surface area contributed by atoms with Gasteiger partial charge in [0.05, 0.1) is 29.8 Å². The maximum Gasteiger partial charge on any atom is 0.231 e. The first kappa shape index (κ1) is 16.7. The molecular weight excluding hydrogens is 363 g/mol. The van der Waals surface area contributed by atoms with Crippen molar-refractivity contribution in [3.63, 3.8) is 0 Å². The third-order valence-electron chi connectivity index (χ3n) is 3.33. The van der Waals surface area contributed by atoms with E-state index in [1.165, 1.54) is 12.1 Å². The highest BCUT2D eigenvalue weighted by molar-refractivity contribution is 9.10. The van der Waals surface area contributed by atoms with Crippen molar-refractivity contribution in [1.82, 2.24) is 5.32 Å². The van der Waals surface area contributed by atoms with Crippen molar-refractivity contribution in [1.29, 1.82) is 0 Å². The van der Waals surface area contributed by atoms with E-state index in [0.29, 0.717) is 23.4 Å². The van der Waals surface area contributed by atoms with Crippen LogP contribution in [0.3, 0.4) is 0 Å². The summed E-state index contributed by atoms with van der Waals surface area (Å²) in [6.07, 6.45) is 0.986. The van der Waals surface area contributed by atoms with E-state index < -0.39 is 5.82 Å². The number of hydrogen-bond acceptors (Lipinski definition) is 3. The van der Waals surface area contributed by atoms with E-state index >= 15 is 0 Å². The highest BCUT2D eigenvalue weighted by atomic mass is 79.9. The fraction of sp³-hybridized carbons (Fsp3) is 0.500. The molecule has 1 heterocycles. The largest absolute Gasteiger partial charge is 0.379 e. The van der Waals surface area contributed by atoms with Crippen molar-refractivity contribution >= 4 is 39.1 Å². The Morgan fingerprint density at radius 2 is 2.29 bits per heavy atom. The minimum atomic E-state index is -0.462. The summed E-state index contributed by atoms with van der Waals surface area (Å²) in [6.45, 7) is 3.77. The molecule has 116 valence electrons. The van der Waals surface area contributed by atoms with E-state index in [0.717, 1.165) is 13.0 Å². The smallest absolute Gasteiger partial charge is 0.231 e. The molecule has 1 aliphatic rings. The standard InChI is InChI=1S/C14H17BrClFN2O2/c1-2-3-18-12-7-21-6-9(12)14(20)19-13-10(15)4-8(17)5-11(13)16/h4-5,9,12,18H,2-3,6-7H2,1H3,(H,19,20). The second-order valence-corrected chi connectivity index (χ2v) is 6.20. The first-order valence-electron chi connectivity index (χ1n) is 6.79. The number of nitrogens with one attached hydrogen (secondary N) is 2. The van der Waals surface area contributed by atoms with Gasteiger partial charge >= 0.3 is 0 Å². The van der Waals surface area contributed by atoms with E-state index in [1.807, 2.05) is 0 Å². The van der Waals surface area contributed by atoms with E-state index in [-0.39, 0.29) is 22.9 Å². The van der Waals surface area contributed by atoms with E-state index in [2.05, 4.69) is 33.5 Å². The lowest BCUT2D eigenvalue weighted by atomic mass is 10.0. The normalized spacial score (nSPS) is 21.5. The molecule has 1 fully saturated rings. The Balaban J connectivity index is 2.07. The number of carbonyl (C=O) groups is 1. The number of ether oxygens (including phenoxy) is 1. The van der Waals surface area contributed by atoms with Crippen LogP contribution in [0.5, 0.6) is 0 Å². The monoisotopic (exact) mass is 378 g/mol. The molecule has 2 rings (SSSR count). The lowest BCUT2D eigenvalue weighted by Crippen LogP contribution is -2.41. The number of carbonyl (C=O) groups excluding carboxylic acids is 1. The Bertz CT molecular complexity index is 507. The van der Waals surface area contributed by atoms with Gasteiger partial charge in [0.25, 0.3) is 0 Å². The molecule has 2 N–H and O–H groups in total. The number of benzene rings is 1. The minimum absolute atomic E-state index is 0.0112. The Kier molecular flexibility index (Phi) is 5.98. The molecule has 1 aliphatic heterocycles. The first-order chi connectivity index (χ1) is 10.0. The maximum atomic E-state index is 13.2. The van der Waals surface area contributed by atoms with E-state index in [9.17, 15) is 9.18 Å². The second kappa shape index (κ2) is 7.54. The zero-order chi connectivity index (χ0) is 15.4. The van der Waals surface area contributed by atoms with Crippen LogP contribution in [0.25, 0.3) is 0 Å². The van der Waals surface area contributed by atoms with Crippen LogP contribution in [-0.2, 0) is 9.53 Å². The van der Waals surface area contributed by atoms with Crippen molar-refractivity contribution in [2.45, 2.75) is 19.4 Å². The van der Waals surface area contributed by atoms with Gasteiger partial charge < -0.3 is 15.4 Å². The Labute approximate surface area is 136 Å². The molecule has 2 atom stereocenters. The molecule has 7 heteroatoms. The summed E-state index contributed by atoms with van der Waals surface area (Å²) >= 11 is 9.18. The van der Waals surface area contributed by atoms with Gasteiger partial charge in [-0.05, 0) is 41.0 Å². The van der Waals surface area contributed by atoms with Crippen molar-refractivity contribution in [2.75, 3.05) is 25.1 Å². The zero-order valence-corrected chi connectivity index (χ0v) is 13.9. The third kappa shape index (κ3) is 4.16. The van der Waals surface area contributed by atoms with Crippen LogP contribution in [0.15, 0.2) is 16.6 Å². The summed E-state index contributed by atoms with van der Waals surface area (Å²) < 4.78 is 19.0. The minimum Gasteiger partial charge on any atom is -0.379 e. The van der Waals surface area contributed by atoms with Gasteiger partial charge in [-0.3, -0.25) is 4.79 Å². The highest BCUT2D eigenvalue weighted by Crippen LogP contribution is 2.32. The predicted molar refractivity (Wildman–Crippen MR) is 84.1 cm³/mol. The average Bonchev–Trinajstić information content (AvgIpc) is 2.88. The van der Waals surface area contributed by atoms with Crippen molar-refractivity contribution in [2.24, 2.45) is 5.92 Å². The molecule has 4 nitrogen and oxygen atoms in total. The molecule has 1 aromatic rings. The van der Waals surface area contributed by atoms with Crippen LogP contribution in [0.4, 0.5) is 10.1 Å². The number of hydrogen-bond donors (Lipinski definition) is 2. The van der Waals surface area contributed by atoms with E-state index in [4.69, 9.17) is 16.3 Å². The molecule has 0 bridgehead atoms.